The summed E-state index contributed by atoms with van der Waals surface area (Å²) < 4.78 is 2.27. The Balaban J connectivity index is 1.95. The molecule has 1 heterocycles. The highest BCUT2D eigenvalue weighted by Crippen LogP contribution is 2.29. The van der Waals surface area contributed by atoms with E-state index in [2.05, 4.69) is 21.2 Å². The summed E-state index contributed by atoms with van der Waals surface area (Å²) in [6, 6.07) is 2.86. The van der Waals surface area contributed by atoms with Crippen molar-refractivity contribution in [1.29, 1.82) is 0 Å². The van der Waals surface area contributed by atoms with Gasteiger partial charge >= 0.3 is 0 Å². The molecule has 1 aromatic heterocycles. The van der Waals surface area contributed by atoms with E-state index >= 15 is 0 Å². The molecule has 1 aliphatic carbocycles. The summed E-state index contributed by atoms with van der Waals surface area (Å²) in [6.45, 7) is 1.09. The van der Waals surface area contributed by atoms with Gasteiger partial charge in [0, 0.05) is 11.9 Å². The number of rotatable bonds is 5. The van der Waals surface area contributed by atoms with Gasteiger partial charge in [-0.25, -0.2) is 0 Å². The van der Waals surface area contributed by atoms with Crippen molar-refractivity contribution < 1.29 is 0 Å². The van der Waals surface area contributed by atoms with Gasteiger partial charge in [0.1, 0.15) is 0 Å². The molecule has 0 radical (unpaired) electrons. The monoisotopic (exact) mass is 207 g/mol. The average Bonchev–Trinajstić information content (AvgIpc) is 2.87. The summed E-state index contributed by atoms with van der Waals surface area (Å²) in [6.07, 6.45) is 9.70. The molecule has 0 aromatic carbocycles. The second-order valence-electron chi connectivity index (χ2n) is 4.41. The molecule has 0 aliphatic heterocycles. The minimum atomic E-state index is 0.685. The zero-order chi connectivity index (χ0) is 10.5. The molecule has 1 saturated carbocycles. The van der Waals surface area contributed by atoms with E-state index in [1.54, 1.807) is 0 Å². The molecule has 0 saturated heterocycles. The Hall–Kier alpha value is -0.830. The molecular weight excluding hydrogens is 186 g/mol. The van der Waals surface area contributed by atoms with E-state index in [9.17, 15) is 0 Å². The van der Waals surface area contributed by atoms with E-state index in [1.807, 2.05) is 13.2 Å². The van der Waals surface area contributed by atoms with Crippen molar-refractivity contribution in [2.45, 2.75) is 44.6 Å². The van der Waals surface area contributed by atoms with Gasteiger partial charge in [0.2, 0.25) is 0 Å². The van der Waals surface area contributed by atoms with Gasteiger partial charge in [0.25, 0.3) is 0 Å². The lowest BCUT2D eigenvalue weighted by Gasteiger charge is -2.14. The fourth-order valence-electron chi connectivity index (χ4n) is 2.46. The van der Waals surface area contributed by atoms with Crippen LogP contribution in [-0.2, 0) is 6.42 Å². The van der Waals surface area contributed by atoms with E-state index in [-0.39, 0.29) is 0 Å². The van der Waals surface area contributed by atoms with Crippen molar-refractivity contribution in [1.82, 2.24) is 15.1 Å². The normalized spacial score (nSPS) is 17.4. The van der Waals surface area contributed by atoms with Crippen molar-refractivity contribution in [2.75, 3.05) is 13.6 Å². The van der Waals surface area contributed by atoms with E-state index in [0.29, 0.717) is 6.04 Å². The van der Waals surface area contributed by atoms with Crippen LogP contribution in [0.15, 0.2) is 12.3 Å². The van der Waals surface area contributed by atoms with Crippen LogP contribution in [-0.4, -0.2) is 23.4 Å². The summed E-state index contributed by atoms with van der Waals surface area (Å²) in [5.74, 6) is 0. The highest BCUT2D eigenvalue weighted by molar-refractivity contribution is 5.02. The summed E-state index contributed by atoms with van der Waals surface area (Å²) in [5.41, 5.74) is 1.41. The summed E-state index contributed by atoms with van der Waals surface area (Å²) >= 11 is 0. The smallest absolute Gasteiger partial charge is 0.0522 e. The maximum absolute atomic E-state index is 4.47. The molecule has 0 amide bonds. The Labute approximate surface area is 91.9 Å². The van der Waals surface area contributed by atoms with Gasteiger partial charge in [-0.3, -0.25) is 4.68 Å². The van der Waals surface area contributed by atoms with Gasteiger partial charge in [-0.1, -0.05) is 12.8 Å². The molecule has 0 unspecified atom stereocenters. The first-order valence-electron chi connectivity index (χ1n) is 6.09. The highest BCUT2D eigenvalue weighted by Gasteiger charge is 2.19. The molecule has 3 heteroatoms. The van der Waals surface area contributed by atoms with Crippen molar-refractivity contribution in [2.24, 2.45) is 0 Å². The van der Waals surface area contributed by atoms with Gasteiger partial charge in [-0.05, 0) is 45.3 Å². The Morgan fingerprint density at radius 2 is 2.27 bits per heavy atom. The minimum Gasteiger partial charge on any atom is -0.320 e. The second-order valence-corrected chi connectivity index (χ2v) is 4.41. The van der Waals surface area contributed by atoms with E-state index in [4.69, 9.17) is 0 Å². The number of aryl methyl sites for hydroxylation is 1. The summed E-state index contributed by atoms with van der Waals surface area (Å²) in [5, 5.41) is 7.66. The zero-order valence-electron chi connectivity index (χ0n) is 9.58. The minimum absolute atomic E-state index is 0.685. The molecule has 15 heavy (non-hydrogen) atoms. The van der Waals surface area contributed by atoms with Crippen LogP contribution < -0.4 is 5.32 Å². The fraction of sp³-hybridized carbons (Fsp3) is 0.750. The average molecular weight is 207 g/mol. The van der Waals surface area contributed by atoms with Gasteiger partial charge in [0.15, 0.2) is 0 Å². The third-order valence-corrected chi connectivity index (χ3v) is 3.28. The Morgan fingerprint density at radius 3 is 3.00 bits per heavy atom. The van der Waals surface area contributed by atoms with E-state index in [0.717, 1.165) is 13.0 Å². The molecule has 0 spiro atoms. The van der Waals surface area contributed by atoms with E-state index in [1.165, 1.54) is 37.8 Å². The van der Waals surface area contributed by atoms with Crippen molar-refractivity contribution >= 4 is 0 Å². The van der Waals surface area contributed by atoms with Crippen LogP contribution in [0.2, 0.25) is 0 Å². The van der Waals surface area contributed by atoms with Crippen LogP contribution in [0.25, 0.3) is 0 Å². The standard InChI is InChI=1S/C12H21N3/c1-13-9-4-7-12-8-10-14-15(12)11-5-2-3-6-11/h8,10-11,13H,2-7,9H2,1H3. The number of hydrogen-bond acceptors (Lipinski definition) is 2. The number of nitrogens with one attached hydrogen (secondary N) is 1. The molecule has 0 bridgehead atoms. The molecule has 2 rings (SSSR count). The summed E-state index contributed by atoms with van der Waals surface area (Å²) in [7, 11) is 2.01. The lowest BCUT2D eigenvalue weighted by molar-refractivity contribution is 0.447. The van der Waals surface area contributed by atoms with Crippen LogP contribution in [0.1, 0.15) is 43.8 Å². The van der Waals surface area contributed by atoms with Gasteiger partial charge in [-0.15, -0.1) is 0 Å². The predicted molar refractivity (Wildman–Crippen MR) is 62.0 cm³/mol. The van der Waals surface area contributed by atoms with Crippen LogP contribution >= 0.6 is 0 Å². The maximum Gasteiger partial charge on any atom is 0.0522 e. The van der Waals surface area contributed by atoms with Crippen molar-refractivity contribution in [3.63, 3.8) is 0 Å². The first-order valence-corrected chi connectivity index (χ1v) is 6.09. The van der Waals surface area contributed by atoms with Gasteiger partial charge < -0.3 is 5.32 Å². The van der Waals surface area contributed by atoms with Crippen molar-refractivity contribution in [3.05, 3.63) is 18.0 Å². The molecule has 1 fully saturated rings. The van der Waals surface area contributed by atoms with Crippen LogP contribution in [0.5, 0.6) is 0 Å². The topological polar surface area (TPSA) is 29.9 Å². The third kappa shape index (κ3) is 2.59. The van der Waals surface area contributed by atoms with Crippen LogP contribution in [0, 0.1) is 0 Å². The predicted octanol–water partition coefficient (Wildman–Crippen LogP) is 2.15. The maximum atomic E-state index is 4.47. The fourth-order valence-corrected chi connectivity index (χ4v) is 2.46. The van der Waals surface area contributed by atoms with Crippen molar-refractivity contribution in [3.8, 4) is 0 Å². The second kappa shape index (κ2) is 5.31. The zero-order valence-corrected chi connectivity index (χ0v) is 9.58. The Bertz CT molecular complexity index is 287. The van der Waals surface area contributed by atoms with E-state index < -0.39 is 0 Å². The molecule has 0 atom stereocenters. The first kappa shape index (κ1) is 10.7. The first-order chi connectivity index (χ1) is 7.42. The van der Waals surface area contributed by atoms with Gasteiger partial charge in [0.05, 0.1) is 6.04 Å². The lowest BCUT2D eigenvalue weighted by atomic mass is 10.2. The highest BCUT2D eigenvalue weighted by atomic mass is 15.3. The summed E-state index contributed by atoms with van der Waals surface area (Å²) in [4.78, 5) is 0. The van der Waals surface area contributed by atoms with Crippen LogP contribution in [0.3, 0.4) is 0 Å². The van der Waals surface area contributed by atoms with Crippen LogP contribution in [0.4, 0.5) is 0 Å². The Kier molecular flexibility index (Phi) is 3.78. The molecule has 84 valence electrons. The van der Waals surface area contributed by atoms with Gasteiger partial charge in [-0.2, -0.15) is 5.10 Å². The molecular formula is C12H21N3. The quantitative estimate of drug-likeness (QED) is 0.750. The molecule has 1 N–H and O–H groups in total. The molecule has 1 aliphatic rings. The lowest BCUT2D eigenvalue weighted by Crippen LogP contribution is -2.13. The third-order valence-electron chi connectivity index (χ3n) is 3.28. The largest absolute Gasteiger partial charge is 0.320 e. The number of nitrogens with zero attached hydrogens (tertiary/aromatic N) is 2. The molecule has 1 aromatic rings. The SMILES string of the molecule is CNCCCc1ccnn1C1CCCC1. The number of hydrogen-bond donors (Lipinski definition) is 1. The number of aromatic nitrogens is 2. The molecule has 3 nitrogen and oxygen atoms in total. The Morgan fingerprint density at radius 1 is 1.47 bits per heavy atom.